The molecule has 0 unspecified atom stereocenters. The molecule has 0 spiro atoms. The van der Waals surface area contributed by atoms with Gasteiger partial charge in [-0.25, -0.2) is 13.2 Å². The normalized spacial score (nSPS) is 12.4. The standard InChI is InChI=1S/C12H17NO5S/c1-12(2,3)18-13-19(16,17)8-9-4-6-10(7-5-9)11(14)15/h4-7,13H,8H2,1-3H3,(H,14,15). The number of carbonyl (C=O) groups is 1. The van der Waals surface area contributed by atoms with Crippen molar-refractivity contribution in [1.82, 2.24) is 4.89 Å². The zero-order chi connectivity index (χ0) is 14.7. The Morgan fingerprint density at radius 3 is 2.21 bits per heavy atom. The van der Waals surface area contributed by atoms with E-state index in [-0.39, 0.29) is 11.3 Å². The summed E-state index contributed by atoms with van der Waals surface area (Å²) in [7, 11) is -3.62. The number of rotatable bonds is 5. The summed E-state index contributed by atoms with van der Waals surface area (Å²) in [6.45, 7) is 5.16. The summed E-state index contributed by atoms with van der Waals surface area (Å²) in [5.41, 5.74) is -0.0321. The zero-order valence-corrected chi connectivity index (χ0v) is 11.8. The minimum atomic E-state index is -3.62. The summed E-state index contributed by atoms with van der Waals surface area (Å²) in [5, 5.41) is 8.73. The largest absolute Gasteiger partial charge is 0.478 e. The molecule has 19 heavy (non-hydrogen) atoms. The Kier molecular flexibility index (Phi) is 4.67. The SMILES string of the molecule is CC(C)(C)ONS(=O)(=O)Cc1ccc(C(=O)O)cc1. The Labute approximate surface area is 112 Å². The van der Waals surface area contributed by atoms with Crippen molar-refractivity contribution in [2.75, 3.05) is 0 Å². The lowest BCUT2D eigenvalue weighted by atomic mass is 10.1. The third kappa shape index (κ3) is 5.82. The van der Waals surface area contributed by atoms with E-state index in [1.165, 1.54) is 24.3 Å². The van der Waals surface area contributed by atoms with Crippen LogP contribution in [0.2, 0.25) is 0 Å². The topological polar surface area (TPSA) is 92.7 Å². The average Bonchev–Trinajstić information content (AvgIpc) is 2.26. The summed E-state index contributed by atoms with van der Waals surface area (Å²) < 4.78 is 23.4. The van der Waals surface area contributed by atoms with Crippen molar-refractivity contribution >= 4 is 16.0 Å². The van der Waals surface area contributed by atoms with E-state index in [2.05, 4.69) is 0 Å². The Hall–Kier alpha value is -1.44. The number of aromatic carboxylic acids is 1. The number of carboxylic acid groups (broad SMARTS) is 1. The first-order chi connectivity index (χ1) is 8.59. The van der Waals surface area contributed by atoms with Crippen LogP contribution in [0.25, 0.3) is 0 Å². The molecule has 7 heteroatoms. The number of hydrogen-bond donors (Lipinski definition) is 2. The predicted molar refractivity (Wildman–Crippen MR) is 70.0 cm³/mol. The molecule has 0 saturated carbocycles. The van der Waals surface area contributed by atoms with Gasteiger partial charge >= 0.3 is 5.97 Å². The molecule has 1 rings (SSSR count). The first-order valence-electron chi connectivity index (χ1n) is 5.59. The Bertz CT molecular complexity index is 542. The molecule has 0 aliphatic carbocycles. The molecule has 0 aliphatic rings. The van der Waals surface area contributed by atoms with Gasteiger partial charge < -0.3 is 5.11 Å². The Morgan fingerprint density at radius 2 is 1.79 bits per heavy atom. The molecular formula is C12H17NO5S. The van der Waals surface area contributed by atoms with Gasteiger partial charge in [-0.2, -0.15) is 0 Å². The van der Waals surface area contributed by atoms with Crippen molar-refractivity contribution in [3.8, 4) is 0 Å². The molecule has 0 radical (unpaired) electrons. The van der Waals surface area contributed by atoms with E-state index in [9.17, 15) is 13.2 Å². The molecule has 0 atom stereocenters. The fourth-order valence-electron chi connectivity index (χ4n) is 1.18. The van der Waals surface area contributed by atoms with Crippen LogP contribution in [0.4, 0.5) is 0 Å². The minimum absolute atomic E-state index is 0.111. The van der Waals surface area contributed by atoms with Gasteiger partial charge in [0.05, 0.1) is 16.9 Å². The second-order valence-electron chi connectivity index (χ2n) is 5.06. The maximum atomic E-state index is 11.7. The van der Waals surface area contributed by atoms with Crippen LogP contribution in [0, 0.1) is 0 Å². The fraction of sp³-hybridized carbons (Fsp3) is 0.417. The molecule has 0 aromatic heterocycles. The number of sulfonamides is 1. The van der Waals surface area contributed by atoms with E-state index in [1.54, 1.807) is 20.8 Å². The van der Waals surface area contributed by atoms with Gasteiger partial charge in [0, 0.05) is 0 Å². The maximum absolute atomic E-state index is 11.7. The van der Waals surface area contributed by atoms with Gasteiger partial charge in [-0.05, 0) is 38.5 Å². The lowest BCUT2D eigenvalue weighted by Crippen LogP contribution is -2.34. The molecule has 1 aromatic rings. The van der Waals surface area contributed by atoms with Gasteiger partial charge in [-0.15, -0.1) is 0 Å². The smallest absolute Gasteiger partial charge is 0.335 e. The van der Waals surface area contributed by atoms with E-state index in [0.717, 1.165) is 0 Å². The third-order valence-corrected chi connectivity index (χ3v) is 3.08. The van der Waals surface area contributed by atoms with Gasteiger partial charge in [0.15, 0.2) is 0 Å². The van der Waals surface area contributed by atoms with Crippen molar-refractivity contribution in [2.45, 2.75) is 32.1 Å². The van der Waals surface area contributed by atoms with Crippen molar-refractivity contribution in [2.24, 2.45) is 0 Å². The molecule has 6 nitrogen and oxygen atoms in total. The first kappa shape index (κ1) is 15.6. The monoisotopic (exact) mass is 287 g/mol. The summed E-state index contributed by atoms with van der Waals surface area (Å²) in [4.78, 5) is 17.7. The van der Waals surface area contributed by atoms with Crippen LogP contribution in [-0.4, -0.2) is 25.1 Å². The number of nitrogens with one attached hydrogen (secondary N) is 1. The van der Waals surface area contributed by atoms with Gasteiger partial charge in [0.2, 0.25) is 10.0 Å². The van der Waals surface area contributed by atoms with Crippen LogP contribution in [0.3, 0.4) is 0 Å². The minimum Gasteiger partial charge on any atom is -0.478 e. The van der Waals surface area contributed by atoms with Crippen molar-refractivity contribution in [3.63, 3.8) is 0 Å². The quantitative estimate of drug-likeness (QED) is 0.801. The second-order valence-corrected chi connectivity index (χ2v) is 6.74. The highest BCUT2D eigenvalue weighted by Crippen LogP contribution is 2.10. The van der Waals surface area contributed by atoms with Crippen LogP contribution < -0.4 is 4.89 Å². The molecular weight excluding hydrogens is 270 g/mol. The number of hydrogen-bond acceptors (Lipinski definition) is 4. The molecule has 106 valence electrons. The lowest BCUT2D eigenvalue weighted by Gasteiger charge is -2.19. The highest BCUT2D eigenvalue weighted by molar-refractivity contribution is 7.88. The Morgan fingerprint density at radius 1 is 1.26 bits per heavy atom. The predicted octanol–water partition coefficient (Wildman–Crippen LogP) is 1.53. The fourth-order valence-corrected chi connectivity index (χ4v) is 2.25. The summed E-state index contributed by atoms with van der Waals surface area (Å²) in [6.07, 6.45) is 0. The van der Waals surface area contributed by atoms with E-state index in [1.807, 2.05) is 4.89 Å². The van der Waals surface area contributed by atoms with Crippen molar-refractivity contribution in [3.05, 3.63) is 35.4 Å². The highest BCUT2D eigenvalue weighted by atomic mass is 32.2. The molecule has 0 amide bonds. The molecule has 0 heterocycles. The number of carboxylic acids is 1. The lowest BCUT2D eigenvalue weighted by molar-refractivity contribution is -0.0358. The molecule has 1 aromatic carbocycles. The zero-order valence-electron chi connectivity index (χ0n) is 11.0. The first-order valence-corrected chi connectivity index (χ1v) is 7.24. The molecule has 0 bridgehead atoms. The molecule has 2 N–H and O–H groups in total. The second kappa shape index (κ2) is 5.68. The van der Waals surface area contributed by atoms with Crippen LogP contribution in [0.1, 0.15) is 36.7 Å². The molecule has 0 saturated heterocycles. The van der Waals surface area contributed by atoms with Crippen molar-refractivity contribution in [1.29, 1.82) is 0 Å². The summed E-state index contributed by atoms with van der Waals surface area (Å²) in [6, 6.07) is 5.63. The van der Waals surface area contributed by atoms with Crippen LogP contribution in [0.15, 0.2) is 24.3 Å². The molecule has 0 aliphatic heterocycles. The number of benzene rings is 1. The van der Waals surface area contributed by atoms with Crippen molar-refractivity contribution < 1.29 is 23.2 Å². The van der Waals surface area contributed by atoms with Gasteiger partial charge in [0.25, 0.3) is 0 Å². The van der Waals surface area contributed by atoms with Crippen LogP contribution in [-0.2, 0) is 20.6 Å². The van der Waals surface area contributed by atoms with Gasteiger partial charge in [-0.1, -0.05) is 17.0 Å². The van der Waals surface area contributed by atoms with Crippen LogP contribution in [0.5, 0.6) is 0 Å². The van der Waals surface area contributed by atoms with E-state index in [0.29, 0.717) is 5.56 Å². The molecule has 0 fully saturated rings. The Balaban J connectivity index is 2.70. The van der Waals surface area contributed by atoms with E-state index >= 15 is 0 Å². The summed E-state index contributed by atoms with van der Waals surface area (Å²) >= 11 is 0. The van der Waals surface area contributed by atoms with E-state index in [4.69, 9.17) is 9.94 Å². The van der Waals surface area contributed by atoms with Gasteiger partial charge in [-0.3, -0.25) is 4.84 Å². The highest BCUT2D eigenvalue weighted by Gasteiger charge is 2.17. The maximum Gasteiger partial charge on any atom is 0.335 e. The third-order valence-electron chi connectivity index (χ3n) is 2.03. The van der Waals surface area contributed by atoms with E-state index < -0.39 is 21.6 Å². The summed E-state index contributed by atoms with van der Waals surface area (Å²) in [5.74, 6) is -1.33. The van der Waals surface area contributed by atoms with Gasteiger partial charge in [0.1, 0.15) is 0 Å². The van der Waals surface area contributed by atoms with Crippen LogP contribution >= 0.6 is 0 Å². The average molecular weight is 287 g/mol.